The number of rotatable bonds is 7. The van der Waals surface area contributed by atoms with Crippen molar-refractivity contribution in [3.05, 3.63) is 17.8 Å². The smallest absolute Gasteiger partial charge is 0.195 e. The van der Waals surface area contributed by atoms with Crippen molar-refractivity contribution in [3.63, 3.8) is 0 Å². The molecule has 0 aromatic carbocycles. The summed E-state index contributed by atoms with van der Waals surface area (Å²) in [6.45, 7) is 4.53. The molecule has 1 aromatic heterocycles. The van der Waals surface area contributed by atoms with Gasteiger partial charge in [-0.3, -0.25) is 0 Å². The van der Waals surface area contributed by atoms with Crippen LogP contribution < -0.4 is 5.32 Å². The number of methoxy groups -OCH3 is 1. The third kappa shape index (κ3) is 3.80. The number of ether oxygens (including phenoxy) is 2. The van der Waals surface area contributed by atoms with Crippen molar-refractivity contribution in [2.45, 2.75) is 38.4 Å². The molecule has 0 saturated carbocycles. The van der Waals surface area contributed by atoms with Gasteiger partial charge in [0.15, 0.2) is 11.7 Å². The Labute approximate surface area is 108 Å². The van der Waals surface area contributed by atoms with Crippen molar-refractivity contribution < 1.29 is 13.9 Å². The molecule has 5 heteroatoms. The SMILES string of the molecule is COCCNCCc1ncc(C2CCC(C)O2)o1. The minimum atomic E-state index is 0.0997. The summed E-state index contributed by atoms with van der Waals surface area (Å²) in [5.74, 6) is 1.64. The summed E-state index contributed by atoms with van der Waals surface area (Å²) in [6, 6.07) is 0. The first-order valence-corrected chi connectivity index (χ1v) is 6.59. The fraction of sp³-hybridized carbons (Fsp3) is 0.769. The Balaban J connectivity index is 1.72. The van der Waals surface area contributed by atoms with E-state index in [4.69, 9.17) is 13.9 Å². The van der Waals surface area contributed by atoms with Crippen molar-refractivity contribution >= 4 is 0 Å². The monoisotopic (exact) mass is 254 g/mol. The van der Waals surface area contributed by atoms with Crippen LogP contribution in [0.5, 0.6) is 0 Å². The van der Waals surface area contributed by atoms with Gasteiger partial charge in [0.05, 0.1) is 18.9 Å². The van der Waals surface area contributed by atoms with Crippen LogP contribution in [0.15, 0.2) is 10.6 Å². The zero-order valence-electron chi connectivity index (χ0n) is 11.1. The van der Waals surface area contributed by atoms with Crippen molar-refractivity contribution in [3.8, 4) is 0 Å². The molecular weight excluding hydrogens is 232 g/mol. The zero-order valence-corrected chi connectivity index (χ0v) is 11.1. The van der Waals surface area contributed by atoms with Gasteiger partial charge in [0.25, 0.3) is 0 Å². The summed E-state index contributed by atoms with van der Waals surface area (Å²) < 4.78 is 16.4. The van der Waals surface area contributed by atoms with Crippen molar-refractivity contribution in [1.29, 1.82) is 0 Å². The predicted molar refractivity (Wildman–Crippen MR) is 67.5 cm³/mol. The third-order valence-electron chi connectivity index (χ3n) is 3.12. The Bertz CT molecular complexity index is 354. The van der Waals surface area contributed by atoms with E-state index in [2.05, 4.69) is 17.2 Å². The van der Waals surface area contributed by atoms with Crippen LogP contribution in [0, 0.1) is 0 Å². The van der Waals surface area contributed by atoms with Crippen molar-refractivity contribution in [2.75, 3.05) is 26.8 Å². The third-order valence-corrected chi connectivity index (χ3v) is 3.12. The Hall–Kier alpha value is -0.910. The van der Waals surface area contributed by atoms with Gasteiger partial charge in [0.2, 0.25) is 0 Å². The fourth-order valence-corrected chi connectivity index (χ4v) is 2.10. The first-order valence-electron chi connectivity index (χ1n) is 6.59. The van der Waals surface area contributed by atoms with Gasteiger partial charge in [0.1, 0.15) is 6.10 Å². The molecule has 2 unspecified atom stereocenters. The first kappa shape index (κ1) is 13.5. The van der Waals surface area contributed by atoms with Crippen LogP contribution in [0.3, 0.4) is 0 Å². The Kier molecular flexibility index (Phi) is 5.16. The first-order chi connectivity index (χ1) is 8.79. The molecule has 2 rings (SSSR count). The molecule has 1 aliphatic rings. The number of oxazole rings is 1. The lowest BCUT2D eigenvalue weighted by atomic mass is 10.2. The van der Waals surface area contributed by atoms with Gasteiger partial charge in [-0.1, -0.05) is 0 Å². The standard InChI is InChI=1S/C13H22N2O3/c1-10-3-4-11(17-10)12-9-15-13(18-12)5-6-14-7-8-16-2/h9-11,14H,3-8H2,1-2H3. The predicted octanol–water partition coefficient (Wildman–Crippen LogP) is 1.69. The second kappa shape index (κ2) is 6.87. The summed E-state index contributed by atoms with van der Waals surface area (Å²) in [7, 11) is 1.70. The quantitative estimate of drug-likeness (QED) is 0.750. The number of aromatic nitrogens is 1. The molecule has 1 aliphatic heterocycles. The zero-order chi connectivity index (χ0) is 12.8. The van der Waals surface area contributed by atoms with E-state index in [0.29, 0.717) is 6.10 Å². The van der Waals surface area contributed by atoms with Crippen LogP contribution in [0.2, 0.25) is 0 Å². The summed E-state index contributed by atoms with van der Waals surface area (Å²) in [6.07, 6.45) is 5.15. The van der Waals surface area contributed by atoms with Gasteiger partial charge < -0.3 is 19.2 Å². The van der Waals surface area contributed by atoms with Gasteiger partial charge in [-0.15, -0.1) is 0 Å². The highest BCUT2D eigenvalue weighted by Crippen LogP contribution is 2.32. The van der Waals surface area contributed by atoms with Gasteiger partial charge >= 0.3 is 0 Å². The van der Waals surface area contributed by atoms with Gasteiger partial charge in [-0.05, 0) is 19.8 Å². The molecule has 1 N–H and O–H groups in total. The van der Waals surface area contributed by atoms with Crippen LogP contribution in [0.25, 0.3) is 0 Å². The molecule has 2 atom stereocenters. The van der Waals surface area contributed by atoms with Crippen LogP contribution in [-0.4, -0.2) is 37.9 Å². The topological polar surface area (TPSA) is 56.5 Å². The van der Waals surface area contributed by atoms with Crippen LogP contribution in [-0.2, 0) is 15.9 Å². The lowest BCUT2D eigenvalue weighted by Crippen LogP contribution is -2.21. The van der Waals surface area contributed by atoms with Gasteiger partial charge in [-0.25, -0.2) is 4.98 Å². The number of hydrogen-bond acceptors (Lipinski definition) is 5. The second-order valence-electron chi connectivity index (χ2n) is 4.66. The molecule has 2 heterocycles. The van der Waals surface area contributed by atoms with E-state index < -0.39 is 0 Å². The average molecular weight is 254 g/mol. The maximum absolute atomic E-state index is 5.75. The van der Waals surface area contributed by atoms with E-state index in [9.17, 15) is 0 Å². The minimum Gasteiger partial charge on any atom is -0.443 e. The highest BCUT2D eigenvalue weighted by Gasteiger charge is 2.26. The van der Waals surface area contributed by atoms with E-state index in [-0.39, 0.29) is 6.10 Å². The lowest BCUT2D eigenvalue weighted by molar-refractivity contribution is 0.0417. The highest BCUT2D eigenvalue weighted by atomic mass is 16.5. The van der Waals surface area contributed by atoms with Crippen LogP contribution >= 0.6 is 0 Å². The summed E-state index contributed by atoms with van der Waals surface area (Å²) in [5, 5.41) is 3.26. The number of hydrogen-bond donors (Lipinski definition) is 1. The Morgan fingerprint density at radius 1 is 1.44 bits per heavy atom. The maximum atomic E-state index is 5.75. The van der Waals surface area contributed by atoms with Crippen molar-refractivity contribution in [1.82, 2.24) is 10.3 Å². The average Bonchev–Trinajstić information content (AvgIpc) is 2.97. The largest absolute Gasteiger partial charge is 0.443 e. The highest BCUT2D eigenvalue weighted by molar-refractivity contribution is 5.00. The normalized spacial score (nSPS) is 23.7. The van der Waals surface area contributed by atoms with E-state index in [1.165, 1.54) is 0 Å². The Morgan fingerprint density at radius 3 is 3.06 bits per heavy atom. The molecule has 0 aliphatic carbocycles. The molecule has 18 heavy (non-hydrogen) atoms. The molecule has 102 valence electrons. The molecule has 0 bridgehead atoms. The fourth-order valence-electron chi connectivity index (χ4n) is 2.10. The van der Waals surface area contributed by atoms with Crippen LogP contribution in [0.1, 0.15) is 37.5 Å². The molecule has 0 spiro atoms. The minimum absolute atomic E-state index is 0.0997. The molecule has 1 aromatic rings. The van der Waals surface area contributed by atoms with Crippen molar-refractivity contribution in [2.24, 2.45) is 0 Å². The number of nitrogens with zero attached hydrogens (tertiary/aromatic N) is 1. The van der Waals surface area contributed by atoms with E-state index >= 15 is 0 Å². The van der Waals surface area contributed by atoms with E-state index in [1.54, 1.807) is 13.3 Å². The summed E-state index contributed by atoms with van der Waals surface area (Å²) in [4.78, 5) is 4.29. The molecule has 0 amide bonds. The van der Waals surface area contributed by atoms with E-state index in [1.807, 2.05) is 0 Å². The van der Waals surface area contributed by atoms with E-state index in [0.717, 1.165) is 50.6 Å². The lowest BCUT2D eigenvalue weighted by Gasteiger charge is -2.06. The maximum Gasteiger partial charge on any atom is 0.195 e. The van der Waals surface area contributed by atoms with Gasteiger partial charge in [0, 0.05) is 26.6 Å². The molecular formula is C13H22N2O3. The number of nitrogens with one attached hydrogen (secondary N) is 1. The molecule has 1 saturated heterocycles. The van der Waals surface area contributed by atoms with Gasteiger partial charge in [-0.2, -0.15) is 0 Å². The second-order valence-corrected chi connectivity index (χ2v) is 4.66. The molecule has 5 nitrogen and oxygen atoms in total. The summed E-state index contributed by atoms with van der Waals surface area (Å²) in [5.41, 5.74) is 0. The Morgan fingerprint density at radius 2 is 2.33 bits per heavy atom. The molecule has 0 radical (unpaired) electrons. The summed E-state index contributed by atoms with van der Waals surface area (Å²) >= 11 is 0. The van der Waals surface area contributed by atoms with Crippen LogP contribution in [0.4, 0.5) is 0 Å². The molecule has 1 fully saturated rings.